The Balaban J connectivity index is 1.80. The minimum absolute atomic E-state index is 0.281. The van der Waals surface area contributed by atoms with Gasteiger partial charge in [-0.2, -0.15) is 5.26 Å². The lowest BCUT2D eigenvalue weighted by molar-refractivity contribution is 0.245. The van der Waals surface area contributed by atoms with Gasteiger partial charge in [0.25, 0.3) is 0 Å². The van der Waals surface area contributed by atoms with E-state index in [0.29, 0.717) is 12.1 Å². The third kappa shape index (κ3) is 2.56. The van der Waals surface area contributed by atoms with Gasteiger partial charge in [0.05, 0.1) is 11.6 Å². The fourth-order valence-corrected chi connectivity index (χ4v) is 2.73. The van der Waals surface area contributed by atoms with Crippen molar-refractivity contribution in [2.45, 2.75) is 19.5 Å². The summed E-state index contributed by atoms with van der Waals surface area (Å²) in [6.07, 6.45) is 1.01. The molecular formula is C17H15FN2. The van der Waals surface area contributed by atoms with Gasteiger partial charge in [-0.25, -0.2) is 4.39 Å². The summed E-state index contributed by atoms with van der Waals surface area (Å²) in [6.45, 7) is 2.42. The largest absolute Gasteiger partial charge is 0.294 e. The minimum atomic E-state index is -0.281. The zero-order valence-corrected chi connectivity index (χ0v) is 11.1. The highest BCUT2D eigenvalue weighted by atomic mass is 19.1. The average Bonchev–Trinajstić information content (AvgIpc) is 2.47. The van der Waals surface area contributed by atoms with Gasteiger partial charge in [-0.3, -0.25) is 4.90 Å². The second-order valence-electron chi connectivity index (χ2n) is 5.14. The molecule has 100 valence electrons. The Labute approximate surface area is 118 Å². The van der Waals surface area contributed by atoms with Crippen LogP contribution in [-0.4, -0.2) is 11.4 Å². The van der Waals surface area contributed by atoms with Crippen molar-refractivity contribution < 1.29 is 4.39 Å². The van der Waals surface area contributed by atoms with Crippen LogP contribution in [0, 0.1) is 17.1 Å². The minimum Gasteiger partial charge on any atom is -0.294 e. The van der Waals surface area contributed by atoms with Gasteiger partial charge in [-0.1, -0.05) is 24.3 Å². The van der Waals surface area contributed by atoms with Gasteiger partial charge in [-0.05, 0) is 41.3 Å². The lowest BCUT2D eigenvalue weighted by atomic mass is 9.99. The summed E-state index contributed by atoms with van der Waals surface area (Å²) < 4.78 is 13.3. The topological polar surface area (TPSA) is 27.0 Å². The first-order valence-electron chi connectivity index (χ1n) is 6.74. The molecule has 0 bridgehead atoms. The molecule has 20 heavy (non-hydrogen) atoms. The summed E-state index contributed by atoms with van der Waals surface area (Å²) in [4.78, 5) is 2.26. The lowest BCUT2D eigenvalue weighted by Gasteiger charge is -2.29. The van der Waals surface area contributed by atoms with Crippen LogP contribution in [-0.2, 0) is 19.5 Å². The maximum absolute atomic E-state index is 13.3. The highest BCUT2D eigenvalue weighted by molar-refractivity contribution is 5.38. The second kappa shape index (κ2) is 5.44. The predicted molar refractivity (Wildman–Crippen MR) is 75.4 cm³/mol. The molecule has 3 heteroatoms. The van der Waals surface area contributed by atoms with Gasteiger partial charge in [-0.15, -0.1) is 0 Å². The summed E-state index contributed by atoms with van der Waals surface area (Å²) in [6, 6.07) is 14.9. The normalized spacial score (nSPS) is 14.6. The van der Waals surface area contributed by atoms with Crippen molar-refractivity contribution in [1.82, 2.24) is 4.90 Å². The first-order chi connectivity index (χ1) is 9.76. The highest BCUT2D eigenvalue weighted by Gasteiger charge is 2.17. The standard InChI is InChI=1S/C17H15FN2/c18-17-6-5-14(10-19)16(9-17)12-20-8-7-13-3-1-2-4-15(13)11-20/h1-6,9H,7-8,11-12H2. The fourth-order valence-electron chi connectivity index (χ4n) is 2.73. The molecule has 0 N–H and O–H groups in total. The molecule has 2 aromatic rings. The van der Waals surface area contributed by atoms with Crippen molar-refractivity contribution >= 4 is 0 Å². The Hall–Kier alpha value is -2.18. The number of rotatable bonds is 2. The van der Waals surface area contributed by atoms with Gasteiger partial charge in [0.2, 0.25) is 0 Å². The molecule has 3 rings (SSSR count). The molecule has 0 atom stereocenters. The van der Waals surface area contributed by atoms with Crippen LogP contribution in [0.2, 0.25) is 0 Å². The first kappa shape index (κ1) is 12.8. The third-order valence-corrected chi connectivity index (χ3v) is 3.79. The molecule has 0 saturated heterocycles. The van der Waals surface area contributed by atoms with E-state index in [1.54, 1.807) is 6.07 Å². The van der Waals surface area contributed by atoms with Crippen LogP contribution in [0.1, 0.15) is 22.3 Å². The molecule has 0 spiro atoms. The zero-order chi connectivity index (χ0) is 13.9. The zero-order valence-electron chi connectivity index (χ0n) is 11.1. The van der Waals surface area contributed by atoms with Gasteiger partial charge < -0.3 is 0 Å². The smallest absolute Gasteiger partial charge is 0.123 e. The van der Waals surface area contributed by atoms with Gasteiger partial charge in [0, 0.05) is 19.6 Å². The second-order valence-corrected chi connectivity index (χ2v) is 5.14. The van der Waals surface area contributed by atoms with Crippen molar-refractivity contribution in [3.05, 3.63) is 70.5 Å². The molecule has 0 fully saturated rings. The molecule has 1 aliphatic heterocycles. The van der Waals surface area contributed by atoms with E-state index in [-0.39, 0.29) is 5.82 Å². The number of hydrogen-bond donors (Lipinski definition) is 0. The van der Waals surface area contributed by atoms with E-state index in [0.717, 1.165) is 25.1 Å². The van der Waals surface area contributed by atoms with Crippen LogP contribution >= 0.6 is 0 Å². The van der Waals surface area contributed by atoms with Crippen LogP contribution in [0.25, 0.3) is 0 Å². The third-order valence-electron chi connectivity index (χ3n) is 3.79. The molecule has 0 aliphatic carbocycles. The summed E-state index contributed by atoms with van der Waals surface area (Å²) in [5, 5.41) is 9.11. The van der Waals surface area contributed by atoms with Crippen LogP contribution in [0.3, 0.4) is 0 Å². The van der Waals surface area contributed by atoms with Gasteiger partial charge in [0.15, 0.2) is 0 Å². The van der Waals surface area contributed by atoms with Crippen molar-refractivity contribution in [1.29, 1.82) is 5.26 Å². The number of hydrogen-bond acceptors (Lipinski definition) is 2. The van der Waals surface area contributed by atoms with Crippen LogP contribution in [0.15, 0.2) is 42.5 Å². The van der Waals surface area contributed by atoms with Crippen molar-refractivity contribution in [3.8, 4) is 6.07 Å². The van der Waals surface area contributed by atoms with E-state index in [1.165, 1.54) is 23.3 Å². The van der Waals surface area contributed by atoms with Crippen molar-refractivity contribution in [3.63, 3.8) is 0 Å². The molecule has 2 nitrogen and oxygen atoms in total. The maximum atomic E-state index is 13.3. The Morgan fingerprint density at radius 1 is 1.15 bits per heavy atom. The maximum Gasteiger partial charge on any atom is 0.123 e. The molecule has 1 heterocycles. The van der Waals surface area contributed by atoms with Crippen LogP contribution in [0.4, 0.5) is 4.39 Å². The Morgan fingerprint density at radius 3 is 2.75 bits per heavy atom. The molecule has 1 aliphatic rings. The SMILES string of the molecule is N#Cc1ccc(F)cc1CN1CCc2ccccc2C1. The Morgan fingerprint density at radius 2 is 1.95 bits per heavy atom. The quantitative estimate of drug-likeness (QED) is 0.834. The van der Waals surface area contributed by atoms with E-state index < -0.39 is 0 Å². The molecule has 0 aromatic heterocycles. The highest BCUT2D eigenvalue weighted by Crippen LogP contribution is 2.21. The van der Waals surface area contributed by atoms with Crippen LogP contribution < -0.4 is 0 Å². The van der Waals surface area contributed by atoms with E-state index in [4.69, 9.17) is 5.26 Å². The number of benzene rings is 2. The van der Waals surface area contributed by atoms with Gasteiger partial charge >= 0.3 is 0 Å². The summed E-state index contributed by atoms with van der Waals surface area (Å²) in [5.74, 6) is -0.281. The summed E-state index contributed by atoms with van der Waals surface area (Å²) in [5.41, 5.74) is 4.05. The van der Waals surface area contributed by atoms with E-state index in [9.17, 15) is 4.39 Å². The number of nitriles is 1. The predicted octanol–water partition coefficient (Wildman–Crippen LogP) is 3.26. The molecule has 0 radical (unpaired) electrons. The molecule has 2 aromatic carbocycles. The van der Waals surface area contributed by atoms with E-state index in [1.807, 2.05) is 6.07 Å². The molecule has 0 amide bonds. The van der Waals surface area contributed by atoms with Gasteiger partial charge in [0.1, 0.15) is 5.82 Å². The molecular weight excluding hydrogens is 251 g/mol. The summed E-state index contributed by atoms with van der Waals surface area (Å²) in [7, 11) is 0. The lowest BCUT2D eigenvalue weighted by Crippen LogP contribution is -2.30. The van der Waals surface area contributed by atoms with E-state index >= 15 is 0 Å². The number of nitrogens with zero attached hydrogens (tertiary/aromatic N) is 2. The van der Waals surface area contributed by atoms with E-state index in [2.05, 4.69) is 29.2 Å². The van der Waals surface area contributed by atoms with Crippen LogP contribution in [0.5, 0.6) is 0 Å². The Kier molecular flexibility index (Phi) is 3.49. The Bertz CT molecular complexity index is 673. The molecule has 0 saturated carbocycles. The van der Waals surface area contributed by atoms with Crippen molar-refractivity contribution in [2.24, 2.45) is 0 Å². The van der Waals surface area contributed by atoms with Crippen molar-refractivity contribution in [2.75, 3.05) is 6.54 Å². The monoisotopic (exact) mass is 266 g/mol. The molecule has 0 unspecified atom stereocenters. The average molecular weight is 266 g/mol. The first-order valence-corrected chi connectivity index (χ1v) is 6.74. The number of fused-ring (bicyclic) bond motifs is 1. The fraction of sp³-hybridized carbons (Fsp3) is 0.235. The summed E-state index contributed by atoms with van der Waals surface area (Å²) >= 11 is 0. The number of halogens is 1.